The van der Waals surface area contributed by atoms with Crippen molar-refractivity contribution in [3.8, 4) is 0 Å². The van der Waals surface area contributed by atoms with Gasteiger partial charge in [0.1, 0.15) is 0 Å². The molecule has 0 saturated carbocycles. The average Bonchev–Trinajstić information content (AvgIpc) is 0. The van der Waals surface area contributed by atoms with E-state index in [4.69, 9.17) is 0 Å². The van der Waals surface area contributed by atoms with E-state index in [1.165, 1.54) is 0 Å². The van der Waals surface area contributed by atoms with Gasteiger partial charge in [0.05, 0.1) is 0 Å². The molecule has 9 heavy (non-hydrogen) atoms. The van der Waals surface area contributed by atoms with E-state index in [1.54, 1.807) is 0 Å². The van der Waals surface area contributed by atoms with Crippen molar-refractivity contribution in [2.75, 3.05) is 0 Å². The second-order valence-electron chi connectivity index (χ2n) is 0. The van der Waals surface area contributed by atoms with Crippen LogP contribution in [0.15, 0.2) is 0 Å². The standard InChI is InChI=1S/7Ce.H2N.H2O/h;;;;;;;2*1H2/q;;;;;;;-1;. The monoisotopic (exact) mass is 1010 g/mol. The van der Waals surface area contributed by atoms with Crippen LogP contribution in [0.5, 0.6) is 0 Å². The fourth-order valence-corrected chi connectivity index (χ4v) is 0. The molecule has 2 nitrogen and oxygen atoms in total. The van der Waals surface area contributed by atoms with Gasteiger partial charge in [-0.25, -0.2) is 0 Å². The van der Waals surface area contributed by atoms with Gasteiger partial charge < -0.3 is 11.6 Å². The summed E-state index contributed by atoms with van der Waals surface area (Å²) in [5.41, 5.74) is 0. The van der Waals surface area contributed by atoms with Crippen molar-refractivity contribution in [1.82, 2.24) is 0 Å². The summed E-state index contributed by atoms with van der Waals surface area (Å²) in [7, 11) is 0. The Morgan fingerprint density at radius 2 is 0.333 bits per heavy atom. The Balaban J connectivity index is 0. The first kappa shape index (κ1) is 62.6. The first-order chi connectivity index (χ1) is 0. The van der Waals surface area contributed by atoms with Gasteiger partial charge in [-0.2, -0.15) is 0 Å². The van der Waals surface area contributed by atoms with Crippen LogP contribution in [0.25, 0.3) is 6.15 Å². The summed E-state index contributed by atoms with van der Waals surface area (Å²) in [6.07, 6.45) is 0. The van der Waals surface area contributed by atoms with E-state index in [1.807, 2.05) is 0 Å². The fraction of sp³-hybridized carbons (Fsp3) is 0. The minimum Gasteiger partial charge on any atom is -0.693 e. The van der Waals surface area contributed by atoms with Crippen molar-refractivity contribution in [3.63, 3.8) is 0 Å². The number of hydrogen-bond acceptors (Lipinski definition) is 0. The molecule has 0 aliphatic rings. The minimum atomic E-state index is 0. The average molecular weight is 1010 g/mol. The van der Waals surface area contributed by atoms with Crippen LogP contribution in [0.3, 0.4) is 0 Å². The van der Waals surface area contributed by atoms with Gasteiger partial charge in [0, 0.05) is 292 Å². The topological polar surface area (TPSA) is 65.0 Å². The van der Waals surface area contributed by atoms with Gasteiger partial charge in [0.2, 0.25) is 0 Å². The van der Waals surface area contributed by atoms with Crippen molar-refractivity contribution >= 4 is 0 Å². The summed E-state index contributed by atoms with van der Waals surface area (Å²) in [6.45, 7) is 0. The Morgan fingerprint density at radius 1 is 0.333 bits per heavy atom. The summed E-state index contributed by atoms with van der Waals surface area (Å²) < 4.78 is 0. The van der Waals surface area contributed by atoms with Gasteiger partial charge in [0.15, 0.2) is 0 Å². The molecule has 44 valence electrons. The van der Waals surface area contributed by atoms with Crippen LogP contribution < -0.4 is 0 Å². The van der Waals surface area contributed by atoms with Crippen LogP contribution in [-0.4, -0.2) is 5.48 Å². The van der Waals surface area contributed by atoms with Crippen LogP contribution >= 0.6 is 0 Å². The Bertz CT molecular complexity index is 8.88. The predicted molar refractivity (Wildman–Crippen MR) is 8.90 cm³/mol. The number of rotatable bonds is 0. The van der Waals surface area contributed by atoms with E-state index >= 15 is 0 Å². The molecular formula is H4Ce7NO-. The summed E-state index contributed by atoms with van der Waals surface area (Å²) in [4.78, 5) is 0. The zero-order chi connectivity index (χ0) is 0. The van der Waals surface area contributed by atoms with Gasteiger partial charge in [0.25, 0.3) is 0 Å². The summed E-state index contributed by atoms with van der Waals surface area (Å²) in [5, 5.41) is 0. The molecule has 4 N–H and O–H groups in total. The van der Waals surface area contributed by atoms with Crippen molar-refractivity contribution in [1.29, 1.82) is 0 Å². The zero-order valence-corrected chi connectivity index (χ0v) is 26.6. The van der Waals surface area contributed by atoms with E-state index < -0.39 is 0 Å². The Morgan fingerprint density at radius 3 is 0.333 bits per heavy atom. The Hall–Kier alpha value is 9.56. The molecule has 0 aromatic rings. The Kier molecular flexibility index (Phi) is 367. The SMILES string of the molecule is O.[Ce].[Ce].[Ce].[Ce].[Ce].[Ce].[Ce].[NH2-]. The van der Waals surface area contributed by atoms with Crippen molar-refractivity contribution < 1.29 is 298 Å². The molecule has 9 heteroatoms. The number of nitrogens with two attached hydrogens (primary N) is 1. The van der Waals surface area contributed by atoms with Gasteiger partial charge in [-0.15, -0.1) is 0 Å². The van der Waals surface area contributed by atoms with Gasteiger partial charge in [-0.1, -0.05) is 0 Å². The fourth-order valence-electron chi connectivity index (χ4n) is 0. The quantitative estimate of drug-likeness (QED) is 0.326. The molecule has 0 spiro atoms. The predicted octanol–water partition coefficient (Wildman–Crippen LogP) is -0.108. The first-order valence-electron chi connectivity index (χ1n) is 0. The van der Waals surface area contributed by atoms with E-state index in [0.717, 1.165) is 0 Å². The largest absolute Gasteiger partial charge is 0.693 e. The zero-order valence-electron chi connectivity index (χ0n) is 4.58. The van der Waals surface area contributed by atoms with E-state index in [-0.39, 0.29) is 304 Å². The molecule has 0 atom stereocenters. The summed E-state index contributed by atoms with van der Waals surface area (Å²) in [5.74, 6) is 0. The van der Waals surface area contributed by atoms with Crippen LogP contribution in [-0.2, 0) is 0 Å². The molecule has 0 rings (SSSR count). The van der Waals surface area contributed by atoms with E-state index in [0.29, 0.717) is 0 Å². The number of hydrogen-bond donors (Lipinski definition) is 0. The third kappa shape index (κ3) is 46.5. The maximum atomic E-state index is 0. The molecule has 0 aliphatic carbocycles. The van der Waals surface area contributed by atoms with Crippen molar-refractivity contribution in [2.24, 2.45) is 0 Å². The maximum Gasteiger partial charge on any atom is 0 e. The molecule has 0 bridgehead atoms. The van der Waals surface area contributed by atoms with Crippen molar-refractivity contribution in [3.05, 3.63) is 6.15 Å². The van der Waals surface area contributed by atoms with Gasteiger partial charge >= 0.3 is 0 Å². The molecular weight excluding hydrogens is 1010 g/mol. The molecule has 0 unspecified atom stereocenters. The van der Waals surface area contributed by atoms with Gasteiger partial charge in [-0.3, -0.25) is 0 Å². The van der Waals surface area contributed by atoms with Crippen LogP contribution in [0.2, 0.25) is 0 Å². The molecule has 0 aliphatic heterocycles. The van der Waals surface area contributed by atoms with Crippen LogP contribution in [0.1, 0.15) is 0 Å². The summed E-state index contributed by atoms with van der Waals surface area (Å²) >= 11 is 0. The van der Waals surface area contributed by atoms with E-state index in [2.05, 4.69) is 0 Å². The molecule has 0 saturated heterocycles. The third-order valence-corrected chi connectivity index (χ3v) is 0. The molecule has 0 radical (unpaired) electrons. The third-order valence-electron chi connectivity index (χ3n) is 0. The normalized spacial score (nSPS) is 0. The maximum absolute atomic E-state index is 0. The Labute approximate surface area is 292 Å². The molecule has 0 aromatic carbocycles. The van der Waals surface area contributed by atoms with Crippen LogP contribution in [0.4, 0.5) is 0 Å². The van der Waals surface area contributed by atoms with Crippen molar-refractivity contribution in [2.45, 2.75) is 0 Å². The van der Waals surface area contributed by atoms with Gasteiger partial charge in [-0.05, 0) is 0 Å². The molecule has 0 fully saturated rings. The smallest absolute Gasteiger partial charge is 0 e. The molecule has 0 aromatic heterocycles. The van der Waals surface area contributed by atoms with Crippen LogP contribution in [0, 0.1) is 292 Å². The second-order valence-corrected chi connectivity index (χ2v) is 0. The summed E-state index contributed by atoms with van der Waals surface area (Å²) in [6, 6.07) is 0. The second kappa shape index (κ2) is 52.7. The molecule has 0 amide bonds. The minimum absolute atomic E-state index is 0. The molecule has 0 heterocycles. The first-order valence-corrected chi connectivity index (χ1v) is 0. The van der Waals surface area contributed by atoms with E-state index in [9.17, 15) is 0 Å².